The molecule has 1 atom stereocenters. The summed E-state index contributed by atoms with van der Waals surface area (Å²) in [6.45, 7) is -0.366. The first-order chi connectivity index (χ1) is 8.76. The van der Waals surface area contributed by atoms with Gasteiger partial charge in [0, 0.05) is 0 Å². The highest BCUT2D eigenvalue weighted by atomic mass is 16.3. The van der Waals surface area contributed by atoms with Crippen LogP contribution in [0.1, 0.15) is 23.1 Å². The van der Waals surface area contributed by atoms with Gasteiger partial charge in [0.05, 0.1) is 31.6 Å². The molecule has 1 aromatic carbocycles. The Labute approximate surface area is 104 Å². The Hall–Kier alpha value is -1.76. The fourth-order valence-corrected chi connectivity index (χ4v) is 1.76. The fraction of sp³-hybridized carbons (Fsp3) is 0.333. The van der Waals surface area contributed by atoms with Crippen molar-refractivity contribution in [1.29, 1.82) is 0 Å². The Morgan fingerprint density at radius 1 is 1.11 bits per heavy atom. The van der Waals surface area contributed by atoms with Gasteiger partial charge in [-0.15, -0.1) is 5.10 Å². The standard InChI is InChI=1S/C12H15N3O3/c16-7-10-11(8-17)15(14-13-10)6-12(18)9-4-2-1-3-5-9/h1-5,12,16-18H,6-8H2/t12-/m0/s1. The largest absolute Gasteiger partial charge is 0.390 e. The molecule has 96 valence electrons. The van der Waals surface area contributed by atoms with Crippen molar-refractivity contribution in [3.63, 3.8) is 0 Å². The van der Waals surface area contributed by atoms with Crippen LogP contribution in [0.4, 0.5) is 0 Å². The van der Waals surface area contributed by atoms with Gasteiger partial charge in [-0.25, -0.2) is 4.68 Å². The zero-order valence-electron chi connectivity index (χ0n) is 9.77. The van der Waals surface area contributed by atoms with Gasteiger partial charge in [-0.2, -0.15) is 0 Å². The summed E-state index contributed by atoms with van der Waals surface area (Å²) in [6.07, 6.45) is -0.732. The minimum atomic E-state index is -0.732. The molecule has 1 aromatic heterocycles. The average molecular weight is 249 g/mol. The number of aromatic nitrogens is 3. The first-order valence-corrected chi connectivity index (χ1v) is 5.62. The van der Waals surface area contributed by atoms with E-state index in [0.29, 0.717) is 11.4 Å². The van der Waals surface area contributed by atoms with Crippen LogP contribution in [0.3, 0.4) is 0 Å². The van der Waals surface area contributed by atoms with Gasteiger partial charge in [-0.1, -0.05) is 35.5 Å². The minimum Gasteiger partial charge on any atom is -0.390 e. The number of rotatable bonds is 5. The third-order valence-electron chi connectivity index (χ3n) is 2.75. The van der Waals surface area contributed by atoms with Crippen LogP contribution in [-0.4, -0.2) is 30.3 Å². The Morgan fingerprint density at radius 2 is 1.83 bits per heavy atom. The second-order valence-electron chi connectivity index (χ2n) is 3.91. The van der Waals surface area contributed by atoms with E-state index in [9.17, 15) is 10.2 Å². The molecule has 2 rings (SSSR count). The Balaban J connectivity index is 2.17. The van der Waals surface area contributed by atoms with E-state index in [4.69, 9.17) is 5.11 Å². The van der Waals surface area contributed by atoms with Crippen LogP contribution in [-0.2, 0) is 19.8 Å². The maximum absolute atomic E-state index is 10.0. The molecule has 0 radical (unpaired) electrons. The van der Waals surface area contributed by atoms with Crippen molar-refractivity contribution < 1.29 is 15.3 Å². The number of hydrogen-bond donors (Lipinski definition) is 3. The maximum Gasteiger partial charge on any atom is 0.114 e. The lowest BCUT2D eigenvalue weighted by molar-refractivity contribution is 0.145. The molecule has 0 amide bonds. The Bertz CT molecular complexity index is 499. The molecule has 6 heteroatoms. The summed E-state index contributed by atoms with van der Waals surface area (Å²) < 4.78 is 1.41. The predicted octanol–water partition coefficient (Wildman–Crippen LogP) is -0.00370. The van der Waals surface area contributed by atoms with Crippen molar-refractivity contribution in [2.75, 3.05) is 0 Å². The van der Waals surface area contributed by atoms with Crippen molar-refractivity contribution >= 4 is 0 Å². The van der Waals surface area contributed by atoms with Gasteiger partial charge in [-0.05, 0) is 5.56 Å². The topological polar surface area (TPSA) is 91.4 Å². The third kappa shape index (κ3) is 2.56. The van der Waals surface area contributed by atoms with Crippen LogP contribution in [0.5, 0.6) is 0 Å². The van der Waals surface area contributed by atoms with Crippen LogP contribution < -0.4 is 0 Å². The highest BCUT2D eigenvalue weighted by Gasteiger charge is 2.15. The monoisotopic (exact) mass is 249 g/mol. The van der Waals surface area contributed by atoms with Crippen LogP contribution >= 0.6 is 0 Å². The lowest BCUT2D eigenvalue weighted by Gasteiger charge is -2.12. The molecule has 0 saturated carbocycles. The molecule has 0 aliphatic rings. The molecular weight excluding hydrogens is 234 g/mol. The number of aliphatic hydroxyl groups is 3. The number of hydrogen-bond acceptors (Lipinski definition) is 5. The minimum absolute atomic E-state index is 0.187. The first-order valence-electron chi connectivity index (χ1n) is 5.62. The summed E-state index contributed by atoms with van der Waals surface area (Å²) in [7, 11) is 0. The molecule has 0 aliphatic heterocycles. The van der Waals surface area contributed by atoms with E-state index in [-0.39, 0.29) is 19.8 Å². The van der Waals surface area contributed by atoms with Gasteiger partial charge in [0.2, 0.25) is 0 Å². The third-order valence-corrected chi connectivity index (χ3v) is 2.75. The molecule has 18 heavy (non-hydrogen) atoms. The summed E-state index contributed by atoms with van der Waals surface area (Å²) in [4.78, 5) is 0. The van der Waals surface area contributed by atoms with Crippen LogP contribution in [0, 0.1) is 0 Å². The van der Waals surface area contributed by atoms with Gasteiger partial charge >= 0.3 is 0 Å². The van der Waals surface area contributed by atoms with Crippen LogP contribution in [0.2, 0.25) is 0 Å². The van der Waals surface area contributed by atoms with E-state index < -0.39 is 6.10 Å². The van der Waals surface area contributed by atoms with Crippen molar-refractivity contribution in [2.45, 2.75) is 25.9 Å². The van der Waals surface area contributed by atoms with Crippen molar-refractivity contribution in [2.24, 2.45) is 0 Å². The lowest BCUT2D eigenvalue weighted by atomic mass is 10.1. The van der Waals surface area contributed by atoms with Gasteiger partial charge in [0.25, 0.3) is 0 Å². The molecular formula is C12H15N3O3. The quantitative estimate of drug-likeness (QED) is 0.693. The van der Waals surface area contributed by atoms with Gasteiger partial charge < -0.3 is 15.3 Å². The summed E-state index contributed by atoms with van der Waals surface area (Å²) >= 11 is 0. The number of nitrogens with zero attached hydrogens (tertiary/aromatic N) is 3. The molecule has 1 heterocycles. The van der Waals surface area contributed by atoms with E-state index >= 15 is 0 Å². The number of benzene rings is 1. The van der Waals surface area contributed by atoms with Gasteiger partial charge in [0.15, 0.2) is 0 Å². The highest BCUT2D eigenvalue weighted by Crippen LogP contribution is 2.16. The van der Waals surface area contributed by atoms with Crippen LogP contribution in [0.25, 0.3) is 0 Å². The molecule has 0 fully saturated rings. The van der Waals surface area contributed by atoms with E-state index in [1.807, 2.05) is 30.3 Å². The second-order valence-corrected chi connectivity index (χ2v) is 3.91. The maximum atomic E-state index is 10.0. The molecule has 0 spiro atoms. The summed E-state index contributed by atoms with van der Waals surface area (Å²) in [5, 5.41) is 35.8. The molecule has 0 bridgehead atoms. The first kappa shape index (κ1) is 12.7. The lowest BCUT2D eigenvalue weighted by Crippen LogP contribution is -2.13. The number of aliphatic hydroxyl groups excluding tert-OH is 3. The molecule has 0 saturated heterocycles. The SMILES string of the molecule is OCc1nnn(C[C@H](O)c2ccccc2)c1CO. The fourth-order valence-electron chi connectivity index (χ4n) is 1.76. The average Bonchev–Trinajstić information content (AvgIpc) is 2.81. The summed E-state index contributed by atoms with van der Waals surface area (Å²) in [5.74, 6) is 0. The van der Waals surface area contributed by atoms with Crippen molar-refractivity contribution in [1.82, 2.24) is 15.0 Å². The predicted molar refractivity (Wildman–Crippen MR) is 63.3 cm³/mol. The summed E-state index contributed by atoms with van der Waals surface area (Å²) in [6, 6.07) is 9.17. The van der Waals surface area contributed by atoms with Crippen LogP contribution in [0.15, 0.2) is 30.3 Å². The molecule has 0 unspecified atom stereocenters. The second kappa shape index (κ2) is 5.72. The summed E-state index contributed by atoms with van der Waals surface area (Å²) in [5.41, 5.74) is 1.52. The van der Waals surface area contributed by atoms with E-state index in [0.717, 1.165) is 5.56 Å². The van der Waals surface area contributed by atoms with E-state index in [2.05, 4.69) is 10.3 Å². The normalized spacial score (nSPS) is 12.6. The van der Waals surface area contributed by atoms with Gasteiger partial charge in [0.1, 0.15) is 5.69 Å². The van der Waals surface area contributed by atoms with E-state index in [1.54, 1.807) is 0 Å². The van der Waals surface area contributed by atoms with Crippen molar-refractivity contribution in [3.05, 3.63) is 47.3 Å². The molecule has 0 aliphatic carbocycles. The molecule has 6 nitrogen and oxygen atoms in total. The Kier molecular flexibility index (Phi) is 4.03. The molecule has 2 aromatic rings. The van der Waals surface area contributed by atoms with E-state index in [1.165, 1.54) is 4.68 Å². The van der Waals surface area contributed by atoms with Crippen molar-refractivity contribution in [3.8, 4) is 0 Å². The zero-order chi connectivity index (χ0) is 13.0. The zero-order valence-corrected chi connectivity index (χ0v) is 9.77. The van der Waals surface area contributed by atoms with Gasteiger partial charge in [-0.3, -0.25) is 0 Å². The smallest absolute Gasteiger partial charge is 0.114 e. The highest BCUT2D eigenvalue weighted by molar-refractivity contribution is 5.17. The molecule has 3 N–H and O–H groups in total. The Morgan fingerprint density at radius 3 is 2.44 bits per heavy atom.